The van der Waals surface area contributed by atoms with Crippen molar-refractivity contribution in [1.82, 2.24) is 0 Å². The summed E-state index contributed by atoms with van der Waals surface area (Å²) >= 11 is 0. The monoisotopic (exact) mass is 198 g/mol. The van der Waals surface area contributed by atoms with Gasteiger partial charge in [0.05, 0.1) is 13.2 Å². The van der Waals surface area contributed by atoms with Gasteiger partial charge in [-0.05, 0) is 19.3 Å². The average Bonchev–Trinajstić information content (AvgIpc) is 2.20. The first-order valence-electron chi connectivity index (χ1n) is 5.21. The van der Waals surface area contributed by atoms with Gasteiger partial charge in [0, 0.05) is 6.42 Å². The molecule has 0 saturated carbocycles. The van der Waals surface area contributed by atoms with Gasteiger partial charge in [-0.1, -0.05) is 19.8 Å². The van der Waals surface area contributed by atoms with Gasteiger partial charge in [0.2, 0.25) is 0 Å². The van der Waals surface area contributed by atoms with Crippen LogP contribution < -0.4 is 0 Å². The van der Waals surface area contributed by atoms with Crippen LogP contribution in [-0.2, 0) is 14.3 Å². The third kappa shape index (κ3) is 4.61. The van der Waals surface area contributed by atoms with E-state index in [-0.39, 0.29) is 12.1 Å². The van der Waals surface area contributed by atoms with E-state index in [9.17, 15) is 4.79 Å². The number of ether oxygens (including phenoxy) is 2. The summed E-state index contributed by atoms with van der Waals surface area (Å²) in [7, 11) is 0. The lowest BCUT2D eigenvalue weighted by molar-refractivity contribution is -0.153. The summed E-state index contributed by atoms with van der Waals surface area (Å²) in [5, 5.41) is 0. The molecule has 1 unspecified atom stereocenters. The maximum atomic E-state index is 11.3. The lowest BCUT2D eigenvalue weighted by atomic mass is 10.1. The predicted octanol–water partition coefficient (Wildman–Crippen LogP) is 1.92. The Balaban J connectivity index is 2.06. The van der Waals surface area contributed by atoms with E-state index in [1.807, 2.05) is 6.42 Å². The summed E-state index contributed by atoms with van der Waals surface area (Å²) in [6.45, 7) is 4.94. The van der Waals surface area contributed by atoms with Crippen LogP contribution in [0.4, 0.5) is 0 Å². The Kier molecular flexibility index (Phi) is 5.60. The highest BCUT2D eigenvalue weighted by molar-refractivity contribution is 5.69. The number of rotatable bonds is 5. The molecule has 0 aromatic carbocycles. The normalized spacial score (nSPS) is 21.9. The lowest BCUT2D eigenvalue weighted by Crippen LogP contribution is -2.28. The molecule has 1 fully saturated rings. The standard InChI is InChI=1S/C11H18O3/c1-2-3-4-7-11(12)14-10-6-5-8-13-9-10/h5,10H,1-4,6-9H2. The van der Waals surface area contributed by atoms with Crippen LogP contribution in [0.3, 0.4) is 0 Å². The minimum Gasteiger partial charge on any atom is -0.460 e. The van der Waals surface area contributed by atoms with Gasteiger partial charge in [0.15, 0.2) is 0 Å². The van der Waals surface area contributed by atoms with Gasteiger partial charge >= 0.3 is 5.97 Å². The first-order valence-corrected chi connectivity index (χ1v) is 5.21. The highest BCUT2D eigenvalue weighted by Gasteiger charge is 2.17. The molecule has 0 spiro atoms. The van der Waals surface area contributed by atoms with Crippen molar-refractivity contribution in [2.75, 3.05) is 13.2 Å². The van der Waals surface area contributed by atoms with Gasteiger partial charge in [-0.2, -0.15) is 0 Å². The fraction of sp³-hybridized carbons (Fsp3) is 0.727. The van der Waals surface area contributed by atoms with E-state index < -0.39 is 0 Å². The van der Waals surface area contributed by atoms with Crippen molar-refractivity contribution >= 4 is 5.97 Å². The second kappa shape index (κ2) is 6.82. The molecule has 1 rings (SSSR count). The second-order valence-electron chi connectivity index (χ2n) is 3.48. The number of carbonyl (C=O) groups excluding carboxylic acids is 1. The molecule has 1 aliphatic rings. The molecule has 0 N–H and O–H groups in total. The van der Waals surface area contributed by atoms with Gasteiger partial charge in [-0.15, -0.1) is 0 Å². The SMILES string of the molecule is [CH2]CCCCC(=O)OC1C[CH]COC1. The number of hydrogen-bond acceptors (Lipinski definition) is 3. The Morgan fingerprint density at radius 2 is 2.43 bits per heavy atom. The molecule has 1 atom stereocenters. The summed E-state index contributed by atoms with van der Waals surface area (Å²) < 4.78 is 10.4. The van der Waals surface area contributed by atoms with Crippen molar-refractivity contribution in [3.05, 3.63) is 13.3 Å². The predicted molar refractivity (Wildman–Crippen MR) is 53.4 cm³/mol. The minimum atomic E-state index is -0.109. The third-order valence-corrected chi connectivity index (χ3v) is 2.15. The van der Waals surface area contributed by atoms with E-state index in [0.29, 0.717) is 19.6 Å². The molecule has 3 heteroatoms. The molecule has 1 heterocycles. The summed E-state index contributed by atoms with van der Waals surface area (Å²) in [6.07, 6.45) is 6.01. The Labute approximate surface area is 85.8 Å². The van der Waals surface area contributed by atoms with Crippen molar-refractivity contribution in [3.63, 3.8) is 0 Å². The van der Waals surface area contributed by atoms with E-state index in [2.05, 4.69) is 6.92 Å². The maximum absolute atomic E-state index is 11.3. The first-order chi connectivity index (χ1) is 6.83. The third-order valence-electron chi connectivity index (χ3n) is 2.15. The van der Waals surface area contributed by atoms with Crippen molar-refractivity contribution in [2.24, 2.45) is 0 Å². The molecule has 80 valence electrons. The fourth-order valence-corrected chi connectivity index (χ4v) is 1.38. The van der Waals surface area contributed by atoms with Gasteiger partial charge in [0.1, 0.15) is 6.10 Å². The molecule has 2 radical (unpaired) electrons. The van der Waals surface area contributed by atoms with Crippen LogP contribution in [0.15, 0.2) is 0 Å². The summed E-state index contributed by atoms with van der Waals surface area (Å²) in [5.74, 6) is -0.109. The number of carbonyl (C=O) groups is 1. The van der Waals surface area contributed by atoms with Crippen LogP contribution >= 0.6 is 0 Å². The van der Waals surface area contributed by atoms with Crippen molar-refractivity contribution in [2.45, 2.75) is 38.2 Å². The largest absolute Gasteiger partial charge is 0.460 e. The lowest BCUT2D eigenvalue weighted by Gasteiger charge is -2.21. The van der Waals surface area contributed by atoms with Crippen LogP contribution in [0.5, 0.6) is 0 Å². The summed E-state index contributed by atoms with van der Waals surface area (Å²) in [6, 6.07) is 0. The Hall–Kier alpha value is -0.570. The Morgan fingerprint density at radius 3 is 3.07 bits per heavy atom. The summed E-state index contributed by atoms with van der Waals surface area (Å²) in [5.41, 5.74) is 0. The van der Waals surface area contributed by atoms with Crippen LogP contribution in [0.25, 0.3) is 0 Å². The van der Waals surface area contributed by atoms with Crippen molar-refractivity contribution in [3.8, 4) is 0 Å². The van der Waals surface area contributed by atoms with Crippen LogP contribution in [-0.4, -0.2) is 25.3 Å². The molecule has 14 heavy (non-hydrogen) atoms. The average molecular weight is 198 g/mol. The molecular weight excluding hydrogens is 180 g/mol. The smallest absolute Gasteiger partial charge is 0.306 e. The molecule has 0 bridgehead atoms. The van der Waals surface area contributed by atoms with Gasteiger partial charge in [-0.25, -0.2) is 0 Å². The molecule has 0 aromatic rings. The summed E-state index contributed by atoms with van der Waals surface area (Å²) in [4.78, 5) is 11.3. The van der Waals surface area contributed by atoms with E-state index in [4.69, 9.17) is 9.47 Å². The Morgan fingerprint density at radius 1 is 1.57 bits per heavy atom. The minimum absolute atomic E-state index is 0.0593. The van der Waals surface area contributed by atoms with Gasteiger partial charge in [-0.3, -0.25) is 4.79 Å². The van der Waals surface area contributed by atoms with E-state index in [1.54, 1.807) is 0 Å². The highest BCUT2D eigenvalue weighted by Crippen LogP contribution is 2.10. The topological polar surface area (TPSA) is 35.5 Å². The second-order valence-corrected chi connectivity index (χ2v) is 3.48. The highest BCUT2D eigenvalue weighted by atomic mass is 16.6. The molecule has 0 aromatic heterocycles. The zero-order valence-corrected chi connectivity index (χ0v) is 8.54. The molecule has 1 saturated heterocycles. The van der Waals surface area contributed by atoms with Crippen LogP contribution in [0.1, 0.15) is 32.1 Å². The van der Waals surface area contributed by atoms with E-state index in [0.717, 1.165) is 25.7 Å². The Bertz CT molecular complexity index is 162. The van der Waals surface area contributed by atoms with E-state index in [1.165, 1.54) is 0 Å². The van der Waals surface area contributed by atoms with Crippen LogP contribution in [0.2, 0.25) is 0 Å². The molecule has 1 aliphatic heterocycles. The number of hydrogen-bond donors (Lipinski definition) is 0. The van der Waals surface area contributed by atoms with Crippen LogP contribution in [0, 0.1) is 13.3 Å². The fourth-order valence-electron chi connectivity index (χ4n) is 1.38. The zero-order chi connectivity index (χ0) is 10.2. The molecule has 0 amide bonds. The van der Waals surface area contributed by atoms with Crippen molar-refractivity contribution in [1.29, 1.82) is 0 Å². The quantitative estimate of drug-likeness (QED) is 0.500. The number of unbranched alkanes of at least 4 members (excludes halogenated alkanes) is 2. The van der Waals surface area contributed by atoms with Gasteiger partial charge < -0.3 is 9.47 Å². The number of esters is 1. The van der Waals surface area contributed by atoms with Gasteiger partial charge in [0.25, 0.3) is 0 Å². The van der Waals surface area contributed by atoms with Crippen molar-refractivity contribution < 1.29 is 14.3 Å². The zero-order valence-electron chi connectivity index (χ0n) is 8.54. The molecule has 0 aliphatic carbocycles. The first kappa shape index (κ1) is 11.5. The molecule has 3 nitrogen and oxygen atoms in total. The maximum Gasteiger partial charge on any atom is 0.306 e. The molecular formula is C11H18O3. The van der Waals surface area contributed by atoms with E-state index >= 15 is 0 Å².